The van der Waals surface area contributed by atoms with Crippen LogP contribution in [0, 0.1) is 10.8 Å². The first-order valence-corrected chi connectivity index (χ1v) is 34.7. The summed E-state index contributed by atoms with van der Waals surface area (Å²) >= 11 is 0. The number of carbonyl (C=O) groups is 4. The standard InChI is InChI=1S/C36H43N3O5S.C31H35N3O6S.C4H9N.CH4/c1-5-7-9-14-32(40)36-22-30(36)29-21-26(44-4)16-18-27(29)34-33(24-12-10-8-11-13-24)28-17-15-25(20-31(28)39(34)23-36)35(41)37-45(42,43)38(3)19-6-2;1-4-14-33(2)41(38,39)32-29(35)20-10-12-23-26(15-20)34-18-31(30(36)37)17-25(31)24-16-21(40-3)11-13-22(24)28(34)27(23)19-8-6-5-7-9-19;1-2-3-4-5;/h5-6,15-18,20-21,24,30H,1-2,7-14,19,22-23H2,3-4H3,(H,37,41);4,10-13,15-16,19,25H,1,5-9,14,17-18H2,2-3H3,(H,32,35)(H,36,37);2H,1,3-5H2;1H4. The van der Waals surface area contributed by atoms with Crippen molar-refractivity contribution in [3.8, 4) is 34.0 Å². The Kier molecular flexibility index (Phi) is 21.2. The van der Waals surface area contributed by atoms with Crippen molar-refractivity contribution in [2.75, 3.05) is 47.9 Å². The number of Topliss-reactive ketones (excluding diaryl/α,β-unsaturated/α-hetero) is 1. The lowest BCUT2D eigenvalue weighted by molar-refractivity contribution is -0.144. The lowest BCUT2D eigenvalue weighted by Crippen LogP contribution is -2.41. The molecule has 4 aliphatic carbocycles. The van der Waals surface area contributed by atoms with Gasteiger partial charge in [0.1, 0.15) is 17.3 Å². The number of ketones is 1. The van der Waals surface area contributed by atoms with E-state index in [1.807, 2.05) is 48.5 Å². The van der Waals surface area contributed by atoms with Gasteiger partial charge >= 0.3 is 26.4 Å². The SMILES string of the molecule is C.C=CCCCC(=O)C12CC1c1cc(OC)ccc1-c1c(C3CCCCC3)c3ccc(C(=O)NS(=O)(=O)N(C)CC=C)cc3n1C2.C=CCCN.C=CCN(C)S(=O)(=O)NC(=O)c1ccc2c(C3CCCCC3)c3n(c2c1)CC1(C(=O)O)CC1c1cc(OC)ccc1-3. The van der Waals surface area contributed by atoms with Gasteiger partial charge in [0.15, 0.2) is 0 Å². The number of carbonyl (C=O) groups excluding carboxylic acids is 3. The highest BCUT2D eigenvalue weighted by Gasteiger charge is 2.64. The average molecular weight is 1290 g/mol. The van der Waals surface area contributed by atoms with Crippen LogP contribution in [0.25, 0.3) is 44.3 Å². The smallest absolute Gasteiger partial charge is 0.312 e. The number of likely N-dealkylation sites (N-methyl/N-ethyl adjacent to an activating group) is 2. The number of carboxylic acid groups (broad SMARTS) is 1. The van der Waals surface area contributed by atoms with Crippen LogP contribution in [0.4, 0.5) is 0 Å². The van der Waals surface area contributed by atoms with E-state index in [2.05, 4.69) is 57.0 Å². The number of benzene rings is 4. The zero-order chi connectivity index (χ0) is 65.2. The van der Waals surface area contributed by atoms with Gasteiger partial charge < -0.3 is 29.4 Å². The number of ether oxygens (including phenoxy) is 2. The van der Waals surface area contributed by atoms with Crippen molar-refractivity contribution in [3.05, 3.63) is 157 Å². The highest BCUT2D eigenvalue weighted by atomic mass is 32.2. The van der Waals surface area contributed by atoms with Gasteiger partial charge in [-0.15, -0.1) is 26.3 Å². The van der Waals surface area contributed by atoms with Gasteiger partial charge in [0.05, 0.1) is 36.4 Å². The number of carboxylic acids is 1. The van der Waals surface area contributed by atoms with Gasteiger partial charge in [-0.1, -0.05) is 82.4 Å². The fraction of sp³-hybridized carbons (Fsp3) is 0.444. The van der Waals surface area contributed by atoms with Crippen LogP contribution in [0.5, 0.6) is 11.5 Å². The zero-order valence-corrected chi connectivity index (χ0v) is 54.6. The van der Waals surface area contributed by atoms with E-state index < -0.39 is 49.0 Å². The number of nitrogens with two attached hydrogens (primary N) is 1. The van der Waals surface area contributed by atoms with Gasteiger partial charge in [0, 0.05) is 103 Å². The van der Waals surface area contributed by atoms with E-state index in [-0.39, 0.29) is 55.8 Å². The Morgan fingerprint density at radius 2 is 1.04 bits per heavy atom. The first-order valence-electron chi connectivity index (χ1n) is 31.8. The van der Waals surface area contributed by atoms with Gasteiger partial charge in [0.25, 0.3) is 11.8 Å². The number of nitrogens with zero attached hydrogens (tertiary/aromatic N) is 4. The molecule has 4 unspecified atom stereocenters. The molecule has 4 saturated carbocycles. The summed E-state index contributed by atoms with van der Waals surface area (Å²) in [7, 11) is -2.06. The van der Waals surface area contributed by atoms with E-state index in [9.17, 15) is 41.1 Å². The molecule has 492 valence electrons. The Bertz CT molecular complexity index is 4080. The minimum absolute atomic E-state index is 0. The van der Waals surface area contributed by atoms with Crippen LogP contribution in [0.1, 0.15) is 177 Å². The Morgan fingerprint density at radius 3 is 1.43 bits per heavy atom. The summed E-state index contributed by atoms with van der Waals surface area (Å²) in [5.74, 6) is 0.0711. The van der Waals surface area contributed by atoms with E-state index in [4.69, 9.17) is 15.2 Å². The van der Waals surface area contributed by atoms with Crippen LogP contribution >= 0.6 is 0 Å². The summed E-state index contributed by atoms with van der Waals surface area (Å²) in [4.78, 5) is 53.4. The molecule has 2 amide bonds. The lowest BCUT2D eigenvalue weighted by Gasteiger charge is -2.24. The second kappa shape index (κ2) is 28.3. The molecular formula is C72H91N7O11S2. The molecule has 0 saturated heterocycles. The predicted octanol–water partition coefficient (Wildman–Crippen LogP) is 13.1. The molecule has 5 N–H and O–H groups in total. The van der Waals surface area contributed by atoms with E-state index >= 15 is 0 Å². The minimum atomic E-state index is -4.06. The van der Waals surface area contributed by atoms with Gasteiger partial charge in [-0.25, -0.2) is 9.44 Å². The maximum Gasteiger partial charge on any atom is 0.312 e. The molecule has 0 spiro atoms. The molecule has 2 aliphatic heterocycles. The van der Waals surface area contributed by atoms with Crippen LogP contribution in [-0.4, -0.2) is 111 Å². The third kappa shape index (κ3) is 13.2. The topological polar surface area (TPSA) is 242 Å². The molecule has 6 aliphatic rings. The van der Waals surface area contributed by atoms with Crippen LogP contribution in [0.15, 0.2) is 123 Å². The van der Waals surface area contributed by atoms with E-state index in [0.717, 1.165) is 153 Å². The average Bonchev–Trinajstić information content (AvgIpc) is 1.53. The van der Waals surface area contributed by atoms with E-state index in [1.54, 1.807) is 38.5 Å². The summed E-state index contributed by atoms with van der Waals surface area (Å²) in [5, 5.41) is 12.5. The van der Waals surface area contributed by atoms with Crippen LogP contribution in [0.3, 0.4) is 0 Å². The quantitative estimate of drug-likeness (QED) is 0.0366. The van der Waals surface area contributed by atoms with Crippen molar-refractivity contribution >= 4 is 65.8 Å². The number of rotatable bonds is 22. The molecule has 4 heterocycles. The van der Waals surface area contributed by atoms with Gasteiger partial charge in [0.2, 0.25) is 0 Å². The normalized spacial score (nSPS) is 20.4. The third-order valence-corrected chi connectivity index (χ3v) is 22.6. The number of unbranched alkanes of at least 4 members (excludes halogenated alkanes) is 1. The van der Waals surface area contributed by atoms with Crippen molar-refractivity contribution < 1.29 is 50.6 Å². The number of nitrogens with one attached hydrogen (secondary N) is 2. The first-order chi connectivity index (χ1) is 43.7. The largest absolute Gasteiger partial charge is 0.497 e. The fourth-order valence-corrected chi connectivity index (χ4v) is 16.4. The Balaban J connectivity index is 0.000000201. The summed E-state index contributed by atoms with van der Waals surface area (Å²) in [6.07, 6.45) is 22.1. The molecule has 92 heavy (non-hydrogen) atoms. The zero-order valence-electron chi connectivity index (χ0n) is 52.9. The van der Waals surface area contributed by atoms with E-state index in [0.29, 0.717) is 37.0 Å². The molecule has 4 fully saturated rings. The summed E-state index contributed by atoms with van der Waals surface area (Å²) in [6, 6.07) is 23.0. The number of aliphatic carboxylic acids is 1. The number of allylic oxidation sites excluding steroid dienone is 1. The summed E-state index contributed by atoms with van der Waals surface area (Å²) < 4.78 is 72.9. The number of amides is 2. The molecule has 12 rings (SSSR count). The lowest BCUT2D eigenvalue weighted by atomic mass is 9.81. The van der Waals surface area contributed by atoms with Crippen molar-refractivity contribution in [3.63, 3.8) is 0 Å². The van der Waals surface area contributed by atoms with Crippen molar-refractivity contribution in [1.29, 1.82) is 0 Å². The molecule has 20 heteroatoms. The van der Waals surface area contributed by atoms with Gasteiger partial charge in [-0.3, -0.25) is 19.2 Å². The molecule has 0 bridgehead atoms. The molecule has 18 nitrogen and oxygen atoms in total. The number of fused-ring (bicyclic) bond motifs is 14. The number of hydrogen-bond donors (Lipinski definition) is 4. The number of methoxy groups -OCH3 is 2. The summed E-state index contributed by atoms with van der Waals surface area (Å²) in [5.41, 5.74) is 14.5. The highest BCUT2D eigenvalue weighted by Crippen LogP contribution is 2.67. The van der Waals surface area contributed by atoms with Crippen molar-refractivity contribution in [2.24, 2.45) is 16.6 Å². The number of hydrogen-bond acceptors (Lipinski definition) is 11. The highest BCUT2D eigenvalue weighted by molar-refractivity contribution is 7.88. The maximum atomic E-state index is 14.0. The van der Waals surface area contributed by atoms with Gasteiger partial charge in [-0.05, 0) is 159 Å². The second-order valence-corrected chi connectivity index (χ2v) is 28.9. The molecule has 4 atom stereocenters. The monoisotopic (exact) mass is 1290 g/mol. The molecular weight excluding hydrogens is 1200 g/mol. The fourth-order valence-electron chi connectivity index (χ4n) is 14.8. The third-order valence-electron chi connectivity index (χ3n) is 19.8. The van der Waals surface area contributed by atoms with Crippen LogP contribution < -0.4 is 24.7 Å². The summed E-state index contributed by atoms with van der Waals surface area (Å²) in [6.45, 7) is 16.1. The minimum Gasteiger partial charge on any atom is -0.497 e. The molecule has 2 aromatic heterocycles. The molecule has 4 aromatic carbocycles. The van der Waals surface area contributed by atoms with Crippen molar-refractivity contribution in [2.45, 2.75) is 147 Å². The first kappa shape index (κ1) is 68.7. The van der Waals surface area contributed by atoms with E-state index in [1.165, 1.54) is 50.2 Å². The predicted molar refractivity (Wildman–Crippen MR) is 365 cm³/mol. The van der Waals surface area contributed by atoms with Crippen LogP contribution in [-0.2, 0) is 43.1 Å². The number of aromatic nitrogens is 2. The van der Waals surface area contributed by atoms with Crippen molar-refractivity contribution in [1.82, 2.24) is 27.2 Å². The Morgan fingerprint density at radius 1 is 0.620 bits per heavy atom. The molecule has 6 aromatic rings. The Labute approximate surface area is 543 Å². The Hall–Kier alpha value is -7.62. The second-order valence-electron chi connectivity index (χ2n) is 25.3. The van der Waals surface area contributed by atoms with Gasteiger partial charge in [-0.2, -0.15) is 25.4 Å². The molecule has 0 radical (unpaired) electrons. The van der Waals surface area contributed by atoms with Crippen LogP contribution in [0.2, 0.25) is 0 Å². The maximum absolute atomic E-state index is 14.0.